The number of nitrogens with zero attached hydrogens (tertiary/aromatic N) is 5. The number of tetrazole rings is 1. The molecule has 0 radical (unpaired) electrons. The lowest BCUT2D eigenvalue weighted by Gasteiger charge is -2.28. The van der Waals surface area contributed by atoms with Gasteiger partial charge in [-0.15, -0.1) is 5.10 Å². The van der Waals surface area contributed by atoms with Gasteiger partial charge in [0.1, 0.15) is 5.54 Å². The summed E-state index contributed by atoms with van der Waals surface area (Å²) in [6.07, 6.45) is 0. The normalized spacial score (nSPS) is 14.6. The maximum absolute atomic E-state index is 12.5. The molecule has 1 aromatic carbocycles. The molecular formula is C17H22N6OS. The van der Waals surface area contributed by atoms with E-state index in [1.165, 1.54) is 11.8 Å². The number of hydrogen-bond donors (Lipinski definition) is 1. The van der Waals surface area contributed by atoms with Crippen molar-refractivity contribution >= 4 is 17.7 Å². The van der Waals surface area contributed by atoms with E-state index in [1.54, 1.807) is 18.5 Å². The van der Waals surface area contributed by atoms with Gasteiger partial charge in [0.25, 0.3) is 0 Å². The van der Waals surface area contributed by atoms with Crippen LogP contribution < -0.4 is 5.32 Å². The Kier molecular flexibility index (Phi) is 5.80. The molecule has 0 spiro atoms. The summed E-state index contributed by atoms with van der Waals surface area (Å²) in [5.74, 6) is -0.224. The van der Waals surface area contributed by atoms with Gasteiger partial charge in [-0.05, 0) is 54.8 Å². The molecule has 0 aliphatic heterocycles. The maximum atomic E-state index is 12.5. The summed E-state index contributed by atoms with van der Waals surface area (Å²) >= 11 is 1.25. The maximum Gasteiger partial charge on any atom is 0.234 e. The fourth-order valence-corrected chi connectivity index (χ4v) is 2.85. The average Bonchev–Trinajstić information content (AvgIpc) is 3.02. The topological polar surface area (TPSA) is 96.5 Å². The summed E-state index contributed by atoms with van der Waals surface area (Å²) in [5, 5.41) is 24.0. The molecule has 1 amide bonds. The molecule has 0 saturated heterocycles. The van der Waals surface area contributed by atoms with Crippen LogP contribution in [0.25, 0.3) is 5.69 Å². The predicted molar refractivity (Wildman–Crippen MR) is 96.2 cm³/mol. The minimum absolute atomic E-state index is 0.00346. The molecule has 1 aromatic heterocycles. The van der Waals surface area contributed by atoms with Crippen LogP contribution in [0.15, 0.2) is 29.4 Å². The van der Waals surface area contributed by atoms with Crippen LogP contribution in [-0.2, 0) is 4.79 Å². The van der Waals surface area contributed by atoms with Gasteiger partial charge in [-0.2, -0.15) is 9.94 Å². The number of carbonyl (C=O) groups excluding carboxylic acids is 1. The first-order chi connectivity index (χ1) is 11.8. The summed E-state index contributed by atoms with van der Waals surface area (Å²) in [6, 6.07) is 9.97. The van der Waals surface area contributed by atoms with Gasteiger partial charge < -0.3 is 5.32 Å². The molecule has 2 aromatic rings. The van der Waals surface area contributed by atoms with Crippen molar-refractivity contribution in [3.05, 3.63) is 29.8 Å². The van der Waals surface area contributed by atoms with Gasteiger partial charge in [-0.25, -0.2) is 0 Å². The van der Waals surface area contributed by atoms with Gasteiger partial charge >= 0.3 is 0 Å². The molecule has 0 bridgehead atoms. The zero-order valence-electron chi connectivity index (χ0n) is 15.0. The lowest BCUT2D eigenvalue weighted by molar-refractivity contribution is -0.121. The SMILES string of the molecule is Cc1cccc(-n2nnnc2SC(C)C(=O)NC(C)(C#N)C(C)C)c1. The van der Waals surface area contributed by atoms with E-state index >= 15 is 0 Å². The number of thioether (sulfide) groups is 1. The summed E-state index contributed by atoms with van der Waals surface area (Å²) in [4.78, 5) is 12.5. The Hall–Kier alpha value is -2.40. The fourth-order valence-electron chi connectivity index (χ4n) is 2.04. The van der Waals surface area contributed by atoms with E-state index < -0.39 is 10.8 Å². The van der Waals surface area contributed by atoms with Crippen LogP contribution in [0.1, 0.15) is 33.3 Å². The highest BCUT2D eigenvalue weighted by Crippen LogP contribution is 2.24. The Labute approximate surface area is 151 Å². The van der Waals surface area contributed by atoms with Crippen LogP contribution in [0, 0.1) is 24.2 Å². The Morgan fingerprint density at radius 1 is 1.40 bits per heavy atom. The highest BCUT2D eigenvalue weighted by Gasteiger charge is 2.32. The van der Waals surface area contributed by atoms with Gasteiger partial charge in [0.05, 0.1) is 17.0 Å². The van der Waals surface area contributed by atoms with E-state index in [1.807, 2.05) is 45.0 Å². The monoisotopic (exact) mass is 358 g/mol. The van der Waals surface area contributed by atoms with Gasteiger partial charge in [0.2, 0.25) is 11.1 Å². The van der Waals surface area contributed by atoms with E-state index in [4.69, 9.17) is 0 Å². The van der Waals surface area contributed by atoms with E-state index in [9.17, 15) is 10.1 Å². The predicted octanol–water partition coefficient (Wildman–Crippen LogP) is 2.51. The Bertz CT molecular complexity index is 796. The molecule has 25 heavy (non-hydrogen) atoms. The van der Waals surface area contributed by atoms with E-state index in [0.717, 1.165) is 11.3 Å². The van der Waals surface area contributed by atoms with E-state index in [0.29, 0.717) is 5.16 Å². The number of aromatic nitrogens is 4. The van der Waals surface area contributed by atoms with Crippen molar-refractivity contribution in [1.82, 2.24) is 25.5 Å². The fraction of sp³-hybridized carbons (Fsp3) is 0.471. The number of benzene rings is 1. The van der Waals surface area contributed by atoms with Gasteiger partial charge in [0, 0.05) is 0 Å². The molecular weight excluding hydrogens is 336 g/mol. The molecule has 132 valence electrons. The molecule has 2 atom stereocenters. The molecule has 0 aliphatic rings. The Morgan fingerprint density at radius 3 is 2.72 bits per heavy atom. The minimum Gasteiger partial charge on any atom is -0.337 e. The molecule has 1 heterocycles. The zero-order chi connectivity index (χ0) is 18.6. The van der Waals surface area contributed by atoms with Crippen molar-refractivity contribution in [1.29, 1.82) is 5.26 Å². The van der Waals surface area contributed by atoms with E-state index in [-0.39, 0.29) is 11.8 Å². The summed E-state index contributed by atoms with van der Waals surface area (Å²) in [6.45, 7) is 9.29. The van der Waals surface area contributed by atoms with Gasteiger partial charge in [-0.1, -0.05) is 37.7 Å². The van der Waals surface area contributed by atoms with E-state index in [2.05, 4.69) is 26.9 Å². The minimum atomic E-state index is -0.908. The highest BCUT2D eigenvalue weighted by molar-refractivity contribution is 8.00. The standard InChI is InChI=1S/C17H22N6OS/c1-11(2)17(5,10-18)19-15(24)13(4)25-16-20-21-22-23(16)14-8-6-7-12(3)9-14/h6-9,11,13H,1-5H3,(H,19,24). The number of amides is 1. The third-order valence-electron chi connectivity index (χ3n) is 4.11. The van der Waals surface area contributed by atoms with Crippen LogP contribution in [0.3, 0.4) is 0 Å². The molecule has 2 rings (SSSR count). The van der Waals surface area contributed by atoms with Crippen molar-refractivity contribution in [2.45, 2.75) is 50.6 Å². The van der Waals surface area contributed by atoms with Crippen molar-refractivity contribution in [2.24, 2.45) is 5.92 Å². The number of hydrogen-bond acceptors (Lipinski definition) is 6. The second kappa shape index (κ2) is 7.66. The van der Waals surface area contributed by atoms with Crippen LogP contribution in [0.4, 0.5) is 0 Å². The number of nitriles is 1. The highest BCUT2D eigenvalue weighted by atomic mass is 32.2. The molecule has 0 saturated carbocycles. The number of carbonyl (C=O) groups is 1. The molecule has 8 heteroatoms. The Balaban J connectivity index is 2.14. The zero-order valence-corrected chi connectivity index (χ0v) is 15.8. The molecule has 0 aliphatic carbocycles. The summed E-state index contributed by atoms with van der Waals surface area (Å²) in [7, 11) is 0. The molecule has 1 N–H and O–H groups in total. The first kappa shape index (κ1) is 18.9. The second-order valence-corrected chi connectivity index (χ2v) is 7.74. The summed E-state index contributed by atoms with van der Waals surface area (Å²) < 4.78 is 1.60. The Morgan fingerprint density at radius 2 is 2.12 bits per heavy atom. The third kappa shape index (κ3) is 4.37. The largest absolute Gasteiger partial charge is 0.337 e. The van der Waals surface area contributed by atoms with Gasteiger partial charge in [0.15, 0.2) is 0 Å². The third-order valence-corrected chi connectivity index (χ3v) is 5.14. The van der Waals surface area contributed by atoms with Crippen LogP contribution in [0.2, 0.25) is 0 Å². The number of rotatable bonds is 6. The molecule has 2 unspecified atom stereocenters. The quantitative estimate of drug-likeness (QED) is 0.797. The van der Waals surface area contributed by atoms with Crippen LogP contribution >= 0.6 is 11.8 Å². The lowest BCUT2D eigenvalue weighted by atomic mass is 9.90. The second-order valence-electron chi connectivity index (χ2n) is 6.43. The van der Waals surface area contributed by atoms with Gasteiger partial charge in [-0.3, -0.25) is 4.79 Å². The van der Waals surface area contributed by atoms with Crippen molar-refractivity contribution in [2.75, 3.05) is 0 Å². The van der Waals surface area contributed by atoms with Crippen LogP contribution in [0.5, 0.6) is 0 Å². The summed E-state index contributed by atoms with van der Waals surface area (Å²) in [5.41, 5.74) is 1.02. The number of nitrogens with one attached hydrogen (secondary N) is 1. The molecule has 0 fully saturated rings. The van der Waals surface area contributed by atoms with Crippen molar-refractivity contribution < 1.29 is 4.79 Å². The lowest BCUT2D eigenvalue weighted by Crippen LogP contribution is -2.51. The first-order valence-electron chi connectivity index (χ1n) is 8.02. The number of aryl methyl sites for hydroxylation is 1. The molecule has 7 nitrogen and oxygen atoms in total. The average molecular weight is 358 g/mol. The van der Waals surface area contributed by atoms with Crippen molar-refractivity contribution in [3.63, 3.8) is 0 Å². The van der Waals surface area contributed by atoms with Crippen LogP contribution in [-0.4, -0.2) is 36.9 Å². The first-order valence-corrected chi connectivity index (χ1v) is 8.90. The van der Waals surface area contributed by atoms with Crippen molar-refractivity contribution in [3.8, 4) is 11.8 Å². The smallest absolute Gasteiger partial charge is 0.234 e.